The van der Waals surface area contributed by atoms with Crippen molar-refractivity contribution < 1.29 is 4.79 Å². The van der Waals surface area contributed by atoms with Crippen LogP contribution < -0.4 is 5.32 Å². The summed E-state index contributed by atoms with van der Waals surface area (Å²) in [5.74, 6) is 0.0454. The Morgan fingerprint density at radius 2 is 1.67 bits per heavy atom. The number of rotatable bonds is 3. The lowest BCUT2D eigenvalue weighted by Crippen LogP contribution is -1.98. The molecule has 1 N–H and O–H groups in total. The first-order valence-corrected chi connectivity index (χ1v) is 5.73. The average Bonchev–Trinajstić information content (AvgIpc) is 2.34. The van der Waals surface area contributed by atoms with E-state index in [2.05, 4.69) is 19.2 Å². The zero-order valence-corrected chi connectivity index (χ0v) is 10.4. The van der Waals surface area contributed by atoms with E-state index in [1.807, 2.05) is 30.3 Å². The van der Waals surface area contributed by atoms with E-state index in [4.69, 9.17) is 0 Å². The van der Waals surface area contributed by atoms with E-state index in [1.54, 1.807) is 19.1 Å². The molecular formula is C16H15NO. The van der Waals surface area contributed by atoms with Crippen LogP contribution in [0, 0.1) is 13.8 Å². The Hall–Kier alpha value is -2.09. The molecule has 2 heteroatoms. The third-order valence-electron chi connectivity index (χ3n) is 2.80. The van der Waals surface area contributed by atoms with Gasteiger partial charge in [0.1, 0.15) is 0 Å². The Labute approximate surface area is 108 Å². The quantitative estimate of drug-likeness (QED) is 0.817. The third kappa shape index (κ3) is 2.59. The van der Waals surface area contributed by atoms with Crippen molar-refractivity contribution in [2.45, 2.75) is 6.92 Å². The molecule has 0 saturated carbocycles. The number of carbonyl (C=O) groups is 1. The van der Waals surface area contributed by atoms with Gasteiger partial charge in [0.15, 0.2) is 5.78 Å². The second-order valence-corrected chi connectivity index (χ2v) is 4.21. The summed E-state index contributed by atoms with van der Waals surface area (Å²) in [5, 5.41) is 3.27. The number of benzene rings is 2. The van der Waals surface area contributed by atoms with E-state index in [0.29, 0.717) is 5.56 Å². The standard InChI is InChI=1S/C16H15NO/c1-11-6-4-5-7-15(11)17-16-9-8-14(13(3)18)10-12(16)2/h4-10,17H,1-2H2,3H3. The first kappa shape index (κ1) is 12.4. The smallest absolute Gasteiger partial charge is 0.159 e. The molecule has 2 aromatic carbocycles. The number of carbonyl (C=O) groups excluding carboxylic acids is 1. The number of anilines is 2. The Bertz CT molecular complexity index is 587. The maximum Gasteiger partial charge on any atom is 0.159 e. The summed E-state index contributed by atoms with van der Waals surface area (Å²) < 4.78 is 0. The van der Waals surface area contributed by atoms with Crippen LogP contribution in [0.15, 0.2) is 42.5 Å². The van der Waals surface area contributed by atoms with Crippen LogP contribution in [0.2, 0.25) is 0 Å². The maximum atomic E-state index is 11.3. The molecule has 0 bridgehead atoms. The van der Waals surface area contributed by atoms with Crippen LogP contribution in [-0.2, 0) is 0 Å². The van der Waals surface area contributed by atoms with Crippen LogP contribution in [0.25, 0.3) is 0 Å². The Morgan fingerprint density at radius 3 is 2.28 bits per heavy atom. The van der Waals surface area contributed by atoms with Gasteiger partial charge in [-0.2, -0.15) is 0 Å². The van der Waals surface area contributed by atoms with Crippen molar-refractivity contribution in [3.63, 3.8) is 0 Å². The number of hydrogen-bond acceptors (Lipinski definition) is 2. The summed E-state index contributed by atoms with van der Waals surface area (Å²) in [5.41, 5.74) is 4.22. The summed E-state index contributed by atoms with van der Waals surface area (Å²) in [6.07, 6.45) is 0. The van der Waals surface area contributed by atoms with Gasteiger partial charge in [0, 0.05) is 16.9 Å². The van der Waals surface area contributed by atoms with Crippen molar-refractivity contribution in [3.05, 3.63) is 73.0 Å². The van der Waals surface area contributed by atoms with Gasteiger partial charge in [0.05, 0.1) is 0 Å². The molecule has 0 aliphatic carbocycles. The van der Waals surface area contributed by atoms with Gasteiger partial charge in [-0.3, -0.25) is 4.79 Å². The minimum absolute atomic E-state index is 0.0454. The van der Waals surface area contributed by atoms with Crippen LogP contribution >= 0.6 is 0 Å². The molecule has 2 nitrogen and oxygen atoms in total. The predicted octanol–water partition coefficient (Wildman–Crippen LogP) is 4.00. The Balaban J connectivity index is 2.30. The minimum Gasteiger partial charge on any atom is -0.355 e. The maximum absolute atomic E-state index is 11.3. The highest BCUT2D eigenvalue weighted by atomic mass is 16.1. The van der Waals surface area contributed by atoms with Crippen molar-refractivity contribution in [1.29, 1.82) is 0 Å². The molecule has 0 atom stereocenters. The number of para-hydroxylation sites is 1. The van der Waals surface area contributed by atoms with E-state index in [0.717, 1.165) is 22.5 Å². The van der Waals surface area contributed by atoms with E-state index in [-0.39, 0.29) is 5.78 Å². The van der Waals surface area contributed by atoms with E-state index >= 15 is 0 Å². The molecule has 0 aromatic heterocycles. The van der Waals surface area contributed by atoms with E-state index in [9.17, 15) is 4.79 Å². The van der Waals surface area contributed by atoms with Gasteiger partial charge in [-0.15, -0.1) is 0 Å². The Kier molecular flexibility index (Phi) is 3.47. The molecule has 0 aliphatic rings. The highest BCUT2D eigenvalue weighted by Crippen LogP contribution is 2.23. The third-order valence-corrected chi connectivity index (χ3v) is 2.80. The number of ketones is 1. The summed E-state index contributed by atoms with van der Waals surface area (Å²) in [4.78, 5) is 11.3. The average molecular weight is 237 g/mol. The van der Waals surface area contributed by atoms with Crippen molar-refractivity contribution in [2.24, 2.45) is 0 Å². The summed E-state index contributed by atoms with van der Waals surface area (Å²) in [6.45, 7) is 9.46. The first-order valence-electron chi connectivity index (χ1n) is 5.73. The van der Waals surface area contributed by atoms with Crippen LogP contribution in [0.1, 0.15) is 28.4 Å². The molecule has 0 heterocycles. The van der Waals surface area contributed by atoms with Gasteiger partial charge in [-0.1, -0.05) is 18.2 Å². The van der Waals surface area contributed by atoms with Crippen molar-refractivity contribution in [1.82, 2.24) is 0 Å². The van der Waals surface area contributed by atoms with Crippen molar-refractivity contribution >= 4 is 17.2 Å². The molecule has 0 unspecified atom stereocenters. The fraction of sp³-hybridized carbons (Fsp3) is 0.0625. The molecular weight excluding hydrogens is 222 g/mol. The predicted molar refractivity (Wildman–Crippen MR) is 75.1 cm³/mol. The lowest BCUT2D eigenvalue weighted by molar-refractivity contribution is 0.101. The summed E-state index contributed by atoms with van der Waals surface area (Å²) >= 11 is 0. The lowest BCUT2D eigenvalue weighted by Gasteiger charge is -2.12. The van der Waals surface area contributed by atoms with Gasteiger partial charge >= 0.3 is 0 Å². The van der Waals surface area contributed by atoms with E-state index < -0.39 is 0 Å². The lowest BCUT2D eigenvalue weighted by atomic mass is 10.1. The second-order valence-electron chi connectivity index (χ2n) is 4.21. The topological polar surface area (TPSA) is 29.1 Å². The first-order chi connectivity index (χ1) is 8.58. The highest BCUT2D eigenvalue weighted by molar-refractivity contribution is 5.95. The van der Waals surface area contributed by atoms with Crippen LogP contribution in [0.4, 0.5) is 11.4 Å². The van der Waals surface area contributed by atoms with Crippen molar-refractivity contribution in [2.75, 3.05) is 5.32 Å². The normalized spacial score (nSPS) is 10.2. The molecule has 0 spiro atoms. The number of nitrogens with one attached hydrogen (secondary N) is 1. The van der Waals surface area contributed by atoms with Gasteiger partial charge in [-0.05, 0) is 56.2 Å². The highest BCUT2D eigenvalue weighted by Gasteiger charge is 2.04. The number of hydrogen-bond donors (Lipinski definition) is 1. The Morgan fingerprint density at radius 1 is 1.00 bits per heavy atom. The summed E-state index contributed by atoms with van der Waals surface area (Å²) in [6, 6.07) is 13.2. The minimum atomic E-state index is 0.0454. The van der Waals surface area contributed by atoms with Gasteiger partial charge in [0.25, 0.3) is 0 Å². The zero-order chi connectivity index (χ0) is 13.1. The molecule has 0 amide bonds. The second kappa shape index (κ2) is 5.05. The van der Waals surface area contributed by atoms with Crippen LogP contribution in [0.3, 0.4) is 0 Å². The molecule has 2 aromatic rings. The largest absolute Gasteiger partial charge is 0.355 e. The summed E-state index contributed by atoms with van der Waals surface area (Å²) in [7, 11) is 0. The molecule has 18 heavy (non-hydrogen) atoms. The van der Waals surface area contributed by atoms with Gasteiger partial charge in [-0.25, -0.2) is 0 Å². The van der Waals surface area contributed by atoms with Crippen LogP contribution in [0.5, 0.6) is 0 Å². The molecule has 90 valence electrons. The molecule has 0 fully saturated rings. The fourth-order valence-corrected chi connectivity index (χ4v) is 1.72. The molecule has 2 radical (unpaired) electrons. The van der Waals surface area contributed by atoms with E-state index in [1.165, 1.54) is 0 Å². The van der Waals surface area contributed by atoms with Gasteiger partial charge in [0.2, 0.25) is 0 Å². The molecule has 2 rings (SSSR count). The van der Waals surface area contributed by atoms with Crippen molar-refractivity contribution in [3.8, 4) is 0 Å². The fourth-order valence-electron chi connectivity index (χ4n) is 1.72. The molecule has 0 aliphatic heterocycles. The monoisotopic (exact) mass is 237 g/mol. The zero-order valence-electron chi connectivity index (χ0n) is 10.4. The number of Topliss-reactive ketones (excluding diaryl/α,β-unsaturated/α-hetero) is 1. The van der Waals surface area contributed by atoms with Gasteiger partial charge < -0.3 is 5.32 Å². The molecule has 0 saturated heterocycles. The van der Waals surface area contributed by atoms with Crippen LogP contribution in [-0.4, -0.2) is 5.78 Å². The SMILES string of the molecule is [CH2]c1ccccc1Nc1ccc(C(C)=O)cc1[CH2].